The number of benzene rings is 2. The molecule has 0 aromatic heterocycles. The Hall–Kier alpha value is -2.60. The molecule has 0 aliphatic carbocycles. The van der Waals surface area contributed by atoms with Gasteiger partial charge in [0.05, 0.1) is 22.1 Å². The van der Waals surface area contributed by atoms with Gasteiger partial charge < -0.3 is 10.1 Å². The van der Waals surface area contributed by atoms with E-state index < -0.39 is 10.8 Å². The Balaban J connectivity index is 2.09. The molecule has 0 unspecified atom stereocenters. The van der Waals surface area contributed by atoms with Crippen LogP contribution in [0.1, 0.15) is 22.8 Å². The molecule has 6 nitrogen and oxygen atoms in total. The fourth-order valence-electron chi connectivity index (χ4n) is 1.99. The van der Waals surface area contributed by atoms with Crippen LogP contribution >= 0.6 is 11.6 Å². The molecule has 0 aliphatic heterocycles. The fraction of sp³-hybridized carbons (Fsp3) is 0.188. The maximum Gasteiger partial charge on any atom is 0.270 e. The Bertz CT molecular complexity index is 734. The maximum absolute atomic E-state index is 12.2. The van der Waals surface area contributed by atoms with Crippen LogP contribution in [-0.2, 0) is 6.54 Å². The number of rotatable bonds is 6. The average Bonchev–Trinajstić information content (AvgIpc) is 2.53. The van der Waals surface area contributed by atoms with Crippen LogP contribution in [0.15, 0.2) is 42.5 Å². The van der Waals surface area contributed by atoms with Gasteiger partial charge >= 0.3 is 0 Å². The van der Waals surface area contributed by atoms with Crippen molar-refractivity contribution >= 4 is 23.2 Å². The third kappa shape index (κ3) is 4.43. The van der Waals surface area contributed by atoms with E-state index in [4.69, 9.17) is 16.3 Å². The van der Waals surface area contributed by atoms with E-state index >= 15 is 0 Å². The first kappa shape index (κ1) is 16.8. The van der Waals surface area contributed by atoms with Gasteiger partial charge in [-0.3, -0.25) is 14.9 Å². The lowest BCUT2D eigenvalue weighted by molar-refractivity contribution is -0.384. The van der Waals surface area contributed by atoms with Crippen molar-refractivity contribution in [2.24, 2.45) is 0 Å². The largest absolute Gasteiger partial charge is 0.494 e. The minimum atomic E-state index is -0.571. The van der Waals surface area contributed by atoms with E-state index in [-0.39, 0.29) is 22.8 Å². The van der Waals surface area contributed by atoms with Crippen LogP contribution in [0.5, 0.6) is 5.75 Å². The number of nitro benzene ring substituents is 1. The summed E-state index contributed by atoms with van der Waals surface area (Å²) < 4.78 is 5.39. The van der Waals surface area contributed by atoms with E-state index in [0.29, 0.717) is 12.4 Å². The van der Waals surface area contributed by atoms with Crippen molar-refractivity contribution < 1.29 is 14.5 Å². The number of nitrogens with zero attached hydrogens (tertiary/aromatic N) is 1. The van der Waals surface area contributed by atoms with Crippen LogP contribution in [0.25, 0.3) is 0 Å². The SMILES string of the molecule is CCOc1cccc(CNC(=O)c2cc([N+](=O)[O-])ccc2Cl)c1. The third-order valence-corrected chi connectivity index (χ3v) is 3.40. The number of non-ortho nitro benzene ring substituents is 1. The van der Waals surface area contributed by atoms with E-state index in [1.165, 1.54) is 12.1 Å². The lowest BCUT2D eigenvalue weighted by atomic mass is 10.1. The summed E-state index contributed by atoms with van der Waals surface area (Å²) in [7, 11) is 0. The summed E-state index contributed by atoms with van der Waals surface area (Å²) in [4.78, 5) is 22.4. The molecule has 0 fully saturated rings. The van der Waals surface area contributed by atoms with Crippen molar-refractivity contribution in [1.29, 1.82) is 0 Å². The number of nitro groups is 1. The molecule has 0 heterocycles. The van der Waals surface area contributed by atoms with Crippen LogP contribution in [0.3, 0.4) is 0 Å². The Morgan fingerprint density at radius 1 is 1.30 bits per heavy atom. The van der Waals surface area contributed by atoms with E-state index in [1.54, 1.807) is 0 Å². The maximum atomic E-state index is 12.2. The van der Waals surface area contributed by atoms with Gasteiger partial charge in [-0.1, -0.05) is 23.7 Å². The predicted octanol–water partition coefficient (Wildman–Crippen LogP) is 3.58. The highest BCUT2D eigenvalue weighted by molar-refractivity contribution is 6.33. The van der Waals surface area contributed by atoms with Gasteiger partial charge in [-0.05, 0) is 30.7 Å². The Morgan fingerprint density at radius 3 is 2.78 bits per heavy atom. The number of hydrogen-bond acceptors (Lipinski definition) is 4. The van der Waals surface area contributed by atoms with Crippen LogP contribution in [0, 0.1) is 10.1 Å². The van der Waals surface area contributed by atoms with E-state index in [1.807, 2.05) is 31.2 Å². The molecule has 0 bridgehead atoms. The number of amides is 1. The summed E-state index contributed by atoms with van der Waals surface area (Å²) >= 11 is 5.94. The second kappa shape index (κ2) is 7.60. The standard InChI is InChI=1S/C16H15ClN2O4/c1-2-23-13-5-3-4-11(8-13)10-18-16(20)14-9-12(19(21)22)6-7-15(14)17/h3-9H,2,10H2,1H3,(H,18,20). The van der Waals surface area contributed by atoms with Gasteiger partial charge in [-0.2, -0.15) is 0 Å². The molecule has 23 heavy (non-hydrogen) atoms. The van der Waals surface area contributed by atoms with Crippen LogP contribution in [-0.4, -0.2) is 17.4 Å². The summed E-state index contributed by atoms with van der Waals surface area (Å²) in [5.74, 6) is 0.244. The number of nitrogens with one attached hydrogen (secondary N) is 1. The molecule has 2 aromatic rings. The third-order valence-electron chi connectivity index (χ3n) is 3.07. The zero-order valence-corrected chi connectivity index (χ0v) is 13.2. The van der Waals surface area contributed by atoms with Gasteiger partial charge in [0.1, 0.15) is 5.75 Å². The number of ether oxygens (including phenoxy) is 1. The molecular formula is C16H15ClN2O4. The van der Waals surface area contributed by atoms with Crippen molar-refractivity contribution in [2.75, 3.05) is 6.61 Å². The highest BCUT2D eigenvalue weighted by atomic mass is 35.5. The molecule has 7 heteroatoms. The monoisotopic (exact) mass is 334 g/mol. The lowest BCUT2D eigenvalue weighted by Gasteiger charge is -2.09. The second-order valence-corrected chi connectivity index (χ2v) is 5.09. The van der Waals surface area contributed by atoms with Gasteiger partial charge in [-0.15, -0.1) is 0 Å². The molecule has 2 aromatic carbocycles. The molecule has 0 radical (unpaired) electrons. The highest BCUT2D eigenvalue weighted by Gasteiger charge is 2.15. The number of carbonyl (C=O) groups is 1. The summed E-state index contributed by atoms with van der Waals surface area (Å²) in [6.45, 7) is 2.70. The fourth-order valence-corrected chi connectivity index (χ4v) is 2.19. The van der Waals surface area contributed by atoms with Crippen molar-refractivity contribution in [2.45, 2.75) is 13.5 Å². The van der Waals surface area contributed by atoms with E-state index in [9.17, 15) is 14.9 Å². The smallest absolute Gasteiger partial charge is 0.270 e. The number of carbonyl (C=O) groups excluding carboxylic acids is 1. The topological polar surface area (TPSA) is 81.5 Å². The molecule has 1 N–H and O–H groups in total. The lowest BCUT2D eigenvalue weighted by Crippen LogP contribution is -2.23. The zero-order chi connectivity index (χ0) is 16.8. The normalized spacial score (nSPS) is 10.2. The van der Waals surface area contributed by atoms with Crippen LogP contribution < -0.4 is 10.1 Å². The molecular weight excluding hydrogens is 320 g/mol. The van der Waals surface area contributed by atoms with Gasteiger partial charge in [0, 0.05) is 18.7 Å². The molecule has 0 saturated heterocycles. The first-order valence-corrected chi connectivity index (χ1v) is 7.33. The van der Waals surface area contributed by atoms with E-state index in [0.717, 1.165) is 11.6 Å². The number of hydrogen-bond donors (Lipinski definition) is 1. The van der Waals surface area contributed by atoms with Crippen LogP contribution in [0.4, 0.5) is 5.69 Å². The number of halogens is 1. The first-order valence-electron chi connectivity index (χ1n) is 6.95. The minimum absolute atomic E-state index is 0.0711. The highest BCUT2D eigenvalue weighted by Crippen LogP contribution is 2.22. The van der Waals surface area contributed by atoms with Gasteiger partial charge in [0.15, 0.2) is 0 Å². The Kier molecular flexibility index (Phi) is 5.54. The molecule has 120 valence electrons. The molecule has 0 spiro atoms. The van der Waals surface area contributed by atoms with Crippen molar-refractivity contribution in [1.82, 2.24) is 5.32 Å². The molecule has 0 aliphatic rings. The van der Waals surface area contributed by atoms with Crippen molar-refractivity contribution in [3.8, 4) is 5.75 Å². The van der Waals surface area contributed by atoms with Crippen LogP contribution in [0.2, 0.25) is 5.02 Å². The van der Waals surface area contributed by atoms with Crippen molar-refractivity contribution in [3.63, 3.8) is 0 Å². The summed E-state index contributed by atoms with van der Waals surface area (Å²) in [5.41, 5.74) is 0.741. The molecule has 1 amide bonds. The molecule has 0 saturated carbocycles. The molecule has 0 atom stereocenters. The van der Waals surface area contributed by atoms with Gasteiger partial charge in [-0.25, -0.2) is 0 Å². The van der Waals surface area contributed by atoms with Crippen molar-refractivity contribution in [3.05, 3.63) is 68.7 Å². The summed E-state index contributed by atoms with van der Waals surface area (Å²) in [6, 6.07) is 11.1. The summed E-state index contributed by atoms with van der Waals surface area (Å²) in [5, 5.41) is 13.6. The quantitative estimate of drug-likeness (QED) is 0.646. The predicted molar refractivity (Wildman–Crippen MR) is 86.9 cm³/mol. The average molecular weight is 335 g/mol. The first-order chi connectivity index (χ1) is 11.0. The van der Waals surface area contributed by atoms with E-state index in [2.05, 4.69) is 5.32 Å². The Morgan fingerprint density at radius 2 is 2.09 bits per heavy atom. The van der Waals surface area contributed by atoms with Gasteiger partial charge in [0.25, 0.3) is 11.6 Å². The Labute approximate surface area is 138 Å². The molecule has 2 rings (SSSR count). The zero-order valence-electron chi connectivity index (χ0n) is 12.4. The summed E-state index contributed by atoms with van der Waals surface area (Å²) in [6.07, 6.45) is 0. The van der Waals surface area contributed by atoms with Gasteiger partial charge in [0.2, 0.25) is 0 Å². The minimum Gasteiger partial charge on any atom is -0.494 e. The second-order valence-electron chi connectivity index (χ2n) is 4.68.